The number of sulfonamides is 1. The summed E-state index contributed by atoms with van der Waals surface area (Å²) in [5.41, 5.74) is 3.37. The summed E-state index contributed by atoms with van der Waals surface area (Å²) in [6.45, 7) is 0.946. The van der Waals surface area contributed by atoms with Crippen molar-refractivity contribution in [2.45, 2.75) is 4.90 Å². The number of benzene rings is 2. The van der Waals surface area contributed by atoms with Crippen LogP contribution >= 0.6 is 0 Å². The summed E-state index contributed by atoms with van der Waals surface area (Å²) in [6.07, 6.45) is 1.53. The van der Waals surface area contributed by atoms with E-state index < -0.39 is 14.9 Å². The standard InChI is InChI=1S/C17H18N4O5S/c22-21(23)15-6-7-16(19-18-13-14-4-2-1-3-5-14)17(12-15)27(24,25)20-8-10-26-11-9-20/h1-7,12-13,19H,8-11H2. The number of nitro benzene ring substituents is 1. The van der Waals surface area contributed by atoms with Gasteiger partial charge >= 0.3 is 0 Å². The van der Waals surface area contributed by atoms with Crippen molar-refractivity contribution in [1.29, 1.82) is 0 Å². The molecule has 27 heavy (non-hydrogen) atoms. The minimum absolute atomic E-state index is 0.166. The fourth-order valence-corrected chi connectivity index (χ4v) is 4.14. The summed E-state index contributed by atoms with van der Waals surface area (Å²) in [5, 5.41) is 15.1. The van der Waals surface area contributed by atoms with Gasteiger partial charge in [0.25, 0.3) is 5.69 Å². The molecule has 0 spiro atoms. The summed E-state index contributed by atoms with van der Waals surface area (Å²) in [5.74, 6) is 0. The second-order valence-corrected chi connectivity index (χ2v) is 7.64. The van der Waals surface area contributed by atoms with E-state index in [1.54, 1.807) is 0 Å². The van der Waals surface area contributed by atoms with Crippen molar-refractivity contribution in [2.75, 3.05) is 31.7 Å². The van der Waals surface area contributed by atoms with Crippen LogP contribution in [0.25, 0.3) is 0 Å². The van der Waals surface area contributed by atoms with Crippen LogP contribution in [-0.2, 0) is 14.8 Å². The maximum absolute atomic E-state index is 13.0. The topological polar surface area (TPSA) is 114 Å². The quantitative estimate of drug-likeness (QED) is 0.459. The number of hydrazone groups is 1. The largest absolute Gasteiger partial charge is 0.379 e. The van der Waals surface area contributed by atoms with Gasteiger partial charge in [0.2, 0.25) is 10.0 Å². The van der Waals surface area contributed by atoms with Gasteiger partial charge < -0.3 is 4.74 Å². The van der Waals surface area contributed by atoms with Crippen molar-refractivity contribution in [3.8, 4) is 0 Å². The molecule has 2 aromatic carbocycles. The lowest BCUT2D eigenvalue weighted by molar-refractivity contribution is -0.385. The molecule has 3 rings (SSSR count). The second kappa shape index (κ2) is 8.25. The Hall–Kier alpha value is -2.82. The van der Waals surface area contributed by atoms with Crippen molar-refractivity contribution in [3.63, 3.8) is 0 Å². The molecule has 2 aromatic rings. The van der Waals surface area contributed by atoms with Gasteiger partial charge in [-0.25, -0.2) is 8.42 Å². The summed E-state index contributed by atoms with van der Waals surface area (Å²) < 4.78 is 32.4. The molecule has 1 N–H and O–H groups in total. The molecule has 1 fully saturated rings. The van der Waals surface area contributed by atoms with Crippen LogP contribution in [0.3, 0.4) is 0 Å². The third-order valence-electron chi connectivity index (χ3n) is 3.96. The zero-order chi connectivity index (χ0) is 19.3. The first-order valence-corrected chi connectivity index (χ1v) is 9.63. The van der Waals surface area contributed by atoms with Crippen LogP contribution in [0, 0.1) is 10.1 Å². The predicted molar refractivity (Wildman–Crippen MR) is 100 cm³/mol. The lowest BCUT2D eigenvalue weighted by Gasteiger charge is -2.26. The van der Waals surface area contributed by atoms with Gasteiger partial charge in [-0.1, -0.05) is 30.3 Å². The molecule has 1 saturated heterocycles. The van der Waals surface area contributed by atoms with Gasteiger partial charge in [0.05, 0.1) is 30.0 Å². The van der Waals surface area contributed by atoms with Gasteiger partial charge in [0, 0.05) is 25.2 Å². The van der Waals surface area contributed by atoms with Crippen molar-refractivity contribution >= 4 is 27.6 Å². The average Bonchev–Trinajstić information content (AvgIpc) is 2.69. The normalized spacial score (nSPS) is 15.7. The van der Waals surface area contributed by atoms with E-state index >= 15 is 0 Å². The molecule has 0 radical (unpaired) electrons. The summed E-state index contributed by atoms with van der Waals surface area (Å²) in [7, 11) is -3.93. The maximum atomic E-state index is 13.0. The van der Waals surface area contributed by atoms with E-state index in [1.165, 1.54) is 22.7 Å². The van der Waals surface area contributed by atoms with E-state index in [4.69, 9.17) is 4.74 Å². The van der Waals surface area contributed by atoms with Crippen LogP contribution in [0.2, 0.25) is 0 Å². The number of ether oxygens (including phenoxy) is 1. The van der Waals surface area contributed by atoms with Crippen LogP contribution in [0.1, 0.15) is 5.56 Å². The van der Waals surface area contributed by atoms with Crippen molar-refractivity contribution < 1.29 is 18.1 Å². The molecule has 9 nitrogen and oxygen atoms in total. The van der Waals surface area contributed by atoms with E-state index in [0.29, 0.717) is 0 Å². The van der Waals surface area contributed by atoms with Crippen LogP contribution in [0.15, 0.2) is 58.5 Å². The number of morpholine rings is 1. The zero-order valence-electron chi connectivity index (χ0n) is 14.3. The van der Waals surface area contributed by atoms with E-state index in [9.17, 15) is 18.5 Å². The van der Waals surface area contributed by atoms with Crippen LogP contribution in [0.4, 0.5) is 11.4 Å². The third kappa shape index (κ3) is 4.48. The molecule has 142 valence electrons. The number of nitro groups is 1. The number of rotatable bonds is 6. The Morgan fingerprint density at radius 3 is 2.52 bits per heavy atom. The maximum Gasteiger partial charge on any atom is 0.270 e. The molecule has 10 heteroatoms. The fourth-order valence-electron chi connectivity index (χ4n) is 2.57. The Balaban J connectivity index is 1.93. The van der Waals surface area contributed by atoms with Gasteiger partial charge in [-0.15, -0.1) is 0 Å². The smallest absolute Gasteiger partial charge is 0.270 e. The molecule has 0 amide bonds. The Morgan fingerprint density at radius 1 is 1.15 bits per heavy atom. The summed E-state index contributed by atoms with van der Waals surface area (Å²) in [6, 6.07) is 12.9. The Labute approximate surface area is 156 Å². The molecule has 1 aliphatic heterocycles. The number of anilines is 1. The first-order valence-electron chi connectivity index (χ1n) is 8.19. The molecular formula is C17H18N4O5S. The predicted octanol–water partition coefficient (Wildman–Crippen LogP) is 2.06. The van der Waals surface area contributed by atoms with Gasteiger partial charge in [0.15, 0.2) is 0 Å². The van der Waals surface area contributed by atoms with E-state index in [1.807, 2.05) is 30.3 Å². The first kappa shape index (κ1) is 19.0. The summed E-state index contributed by atoms with van der Waals surface area (Å²) >= 11 is 0. The third-order valence-corrected chi connectivity index (χ3v) is 5.90. The van der Waals surface area contributed by atoms with E-state index in [0.717, 1.165) is 11.6 Å². The molecule has 0 atom stereocenters. The number of nitrogens with zero attached hydrogens (tertiary/aromatic N) is 3. The Bertz CT molecular complexity index is 941. The highest BCUT2D eigenvalue weighted by Crippen LogP contribution is 2.29. The van der Waals surface area contributed by atoms with Crippen molar-refractivity contribution in [2.24, 2.45) is 5.10 Å². The van der Waals surface area contributed by atoms with Crippen LogP contribution < -0.4 is 5.43 Å². The highest BCUT2D eigenvalue weighted by atomic mass is 32.2. The fraction of sp³-hybridized carbons (Fsp3) is 0.235. The molecule has 1 heterocycles. The van der Waals surface area contributed by atoms with Crippen LogP contribution in [-0.4, -0.2) is 50.2 Å². The van der Waals surface area contributed by atoms with Gasteiger partial charge in [-0.05, 0) is 11.6 Å². The monoisotopic (exact) mass is 390 g/mol. The number of non-ortho nitro benzene ring substituents is 1. The number of nitrogens with one attached hydrogen (secondary N) is 1. The van der Waals surface area contributed by atoms with Gasteiger partial charge in [-0.3, -0.25) is 15.5 Å². The molecular weight excluding hydrogens is 372 g/mol. The Morgan fingerprint density at radius 2 is 1.85 bits per heavy atom. The number of hydrogen-bond acceptors (Lipinski definition) is 7. The minimum atomic E-state index is -3.93. The molecule has 1 aliphatic rings. The van der Waals surface area contributed by atoms with Gasteiger partial charge in [0.1, 0.15) is 4.90 Å². The van der Waals surface area contributed by atoms with Crippen molar-refractivity contribution in [1.82, 2.24) is 4.31 Å². The highest BCUT2D eigenvalue weighted by molar-refractivity contribution is 7.89. The average molecular weight is 390 g/mol. The minimum Gasteiger partial charge on any atom is -0.379 e. The lowest BCUT2D eigenvalue weighted by Crippen LogP contribution is -2.40. The molecule has 0 bridgehead atoms. The molecule has 0 aromatic heterocycles. The van der Waals surface area contributed by atoms with Crippen LogP contribution in [0.5, 0.6) is 0 Å². The van der Waals surface area contributed by atoms with Gasteiger partial charge in [-0.2, -0.15) is 9.41 Å². The molecule has 0 unspecified atom stereocenters. The highest BCUT2D eigenvalue weighted by Gasteiger charge is 2.30. The summed E-state index contributed by atoms with van der Waals surface area (Å²) in [4.78, 5) is 10.3. The SMILES string of the molecule is O=[N+]([O-])c1ccc(NN=Cc2ccccc2)c(S(=O)(=O)N2CCOCC2)c1. The second-order valence-electron chi connectivity index (χ2n) is 5.73. The lowest BCUT2D eigenvalue weighted by atomic mass is 10.2. The Kier molecular flexibility index (Phi) is 5.79. The zero-order valence-corrected chi connectivity index (χ0v) is 15.1. The molecule has 0 saturated carbocycles. The van der Waals surface area contributed by atoms with E-state index in [2.05, 4.69) is 10.5 Å². The first-order chi connectivity index (χ1) is 13.0. The molecule has 0 aliphatic carbocycles. The van der Waals surface area contributed by atoms with Crippen molar-refractivity contribution in [3.05, 3.63) is 64.2 Å². The van der Waals surface area contributed by atoms with E-state index in [-0.39, 0.29) is 42.6 Å². The number of hydrogen-bond donors (Lipinski definition) is 1.